The molecule has 0 saturated heterocycles. The number of rotatable bonds is 3. The van der Waals surface area contributed by atoms with Crippen LogP contribution < -0.4 is 9.47 Å². The number of benzene rings is 3. The van der Waals surface area contributed by atoms with E-state index in [9.17, 15) is 19.4 Å². The lowest BCUT2D eigenvalue weighted by Crippen LogP contribution is -2.09. The van der Waals surface area contributed by atoms with Crippen molar-refractivity contribution in [2.75, 3.05) is 7.11 Å². The van der Waals surface area contributed by atoms with Gasteiger partial charge in [0.05, 0.1) is 12.7 Å². The number of aromatic carboxylic acids is 1. The van der Waals surface area contributed by atoms with E-state index in [4.69, 9.17) is 9.47 Å². The second-order valence-corrected chi connectivity index (χ2v) is 6.15. The summed E-state index contributed by atoms with van der Waals surface area (Å²) in [5.74, 6) is -0.989. The summed E-state index contributed by atoms with van der Waals surface area (Å²) in [6.07, 6.45) is 0. The summed E-state index contributed by atoms with van der Waals surface area (Å²) in [7, 11) is 1.44. The highest BCUT2D eigenvalue weighted by atomic mass is 19.1. The van der Waals surface area contributed by atoms with Gasteiger partial charge in [0.15, 0.2) is 11.5 Å². The third-order valence-electron chi connectivity index (χ3n) is 4.59. The van der Waals surface area contributed by atoms with Crippen molar-refractivity contribution in [3.8, 4) is 39.5 Å². The zero-order valence-electron chi connectivity index (χ0n) is 14.3. The third-order valence-corrected chi connectivity index (χ3v) is 4.59. The molecule has 3 aromatic carbocycles. The molecule has 0 aromatic heterocycles. The molecule has 1 aliphatic rings. The third kappa shape index (κ3) is 2.75. The smallest absolute Gasteiger partial charge is 0.336 e. The van der Waals surface area contributed by atoms with Crippen molar-refractivity contribution in [3.05, 3.63) is 65.5 Å². The van der Waals surface area contributed by atoms with E-state index < -0.39 is 11.8 Å². The Balaban J connectivity index is 1.97. The van der Waals surface area contributed by atoms with Gasteiger partial charge in [0.1, 0.15) is 18.2 Å². The maximum atomic E-state index is 14.3. The number of carboxylic acid groups (broad SMARTS) is 1. The van der Waals surface area contributed by atoms with E-state index in [1.165, 1.54) is 31.4 Å². The monoisotopic (exact) mass is 366 g/mol. The summed E-state index contributed by atoms with van der Waals surface area (Å²) in [6.45, 7) is 0.197. The molecule has 0 unspecified atom stereocenters. The molecule has 4 rings (SSSR count). The number of phenols is 1. The van der Waals surface area contributed by atoms with Crippen LogP contribution in [-0.4, -0.2) is 23.3 Å². The van der Waals surface area contributed by atoms with Gasteiger partial charge in [-0.25, -0.2) is 9.18 Å². The fourth-order valence-corrected chi connectivity index (χ4v) is 3.29. The SMILES string of the molecule is COc1cc2c(cc1O)COc1cc(-c3ccccc3F)c(C(=O)O)cc1-2. The second-order valence-electron chi connectivity index (χ2n) is 6.15. The zero-order valence-corrected chi connectivity index (χ0v) is 14.3. The molecule has 0 amide bonds. The molecule has 0 aliphatic carbocycles. The molecule has 3 aromatic rings. The topological polar surface area (TPSA) is 76.0 Å². The van der Waals surface area contributed by atoms with Crippen molar-refractivity contribution in [3.63, 3.8) is 0 Å². The lowest BCUT2D eigenvalue weighted by Gasteiger charge is -2.23. The fourth-order valence-electron chi connectivity index (χ4n) is 3.29. The van der Waals surface area contributed by atoms with Crippen molar-refractivity contribution in [2.24, 2.45) is 0 Å². The van der Waals surface area contributed by atoms with E-state index in [0.29, 0.717) is 22.4 Å². The molecule has 1 aliphatic heterocycles. The van der Waals surface area contributed by atoms with Gasteiger partial charge in [0.2, 0.25) is 0 Å². The van der Waals surface area contributed by atoms with Crippen LogP contribution >= 0.6 is 0 Å². The van der Waals surface area contributed by atoms with Crippen molar-refractivity contribution in [2.45, 2.75) is 6.61 Å². The van der Waals surface area contributed by atoms with Gasteiger partial charge in [-0.3, -0.25) is 0 Å². The highest BCUT2D eigenvalue weighted by molar-refractivity contribution is 5.99. The summed E-state index contributed by atoms with van der Waals surface area (Å²) in [5.41, 5.74) is 2.35. The first-order valence-electron chi connectivity index (χ1n) is 8.19. The average Bonchev–Trinajstić information content (AvgIpc) is 2.66. The number of fused-ring (bicyclic) bond motifs is 3. The average molecular weight is 366 g/mol. The van der Waals surface area contributed by atoms with Gasteiger partial charge in [0.25, 0.3) is 0 Å². The van der Waals surface area contributed by atoms with Crippen LogP contribution in [0.5, 0.6) is 17.2 Å². The van der Waals surface area contributed by atoms with Crippen LogP contribution in [0.15, 0.2) is 48.5 Å². The molecule has 136 valence electrons. The number of hydrogen-bond donors (Lipinski definition) is 2. The Morgan fingerprint density at radius 3 is 2.56 bits per heavy atom. The lowest BCUT2D eigenvalue weighted by molar-refractivity contribution is 0.0697. The first-order valence-corrected chi connectivity index (χ1v) is 8.19. The molecule has 0 saturated carbocycles. The Hall–Kier alpha value is -3.54. The largest absolute Gasteiger partial charge is 0.504 e. The van der Waals surface area contributed by atoms with Crippen LogP contribution in [0.25, 0.3) is 22.3 Å². The van der Waals surface area contributed by atoms with Crippen molar-refractivity contribution < 1.29 is 28.9 Å². The molecule has 6 heteroatoms. The van der Waals surface area contributed by atoms with Gasteiger partial charge < -0.3 is 19.7 Å². The molecule has 27 heavy (non-hydrogen) atoms. The van der Waals surface area contributed by atoms with Gasteiger partial charge in [-0.05, 0) is 35.9 Å². The van der Waals surface area contributed by atoms with E-state index in [0.717, 1.165) is 0 Å². The van der Waals surface area contributed by atoms with E-state index in [1.807, 2.05) is 0 Å². The van der Waals surface area contributed by atoms with Gasteiger partial charge in [-0.2, -0.15) is 0 Å². The minimum atomic E-state index is -1.17. The molecule has 0 atom stereocenters. The summed E-state index contributed by atoms with van der Waals surface area (Å²) >= 11 is 0. The molecule has 0 spiro atoms. The molecule has 0 fully saturated rings. The van der Waals surface area contributed by atoms with Crippen molar-refractivity contribution in [1.29, 1.82) is 0 Å². The maximum absolute atomic E-state index is 14.3. The normalized spacial score (nSPS) is 11.9. The highest BCUT2D eigenvalue weighted by Crippen LogP contribution is 2.45. The first kappa shape index (κ1) is 16.9. The van der Waals surface area contributed by atoms with Crippen molar-refractivity contribution in [1.82, 2.24) is 0 Å². The molecular formula is C21H15FO5. The quantitative estimate of drug-likeness (QED) is 0.716. The number of hydrogen-bond acceptors (Lipinski definition) is 4. The molecule has 2 N–H and O–H groups in total. The Kier molecular flexibility index (Phi) is 3.96. The number of phenolic OH excluding ortho intramolecular Hbond substituents is 1. The predicted octanol–water partition coefficient (Wildman–Crippen LogP) is 4.46. The van der Waals surface area contributed by atoms with Gasteiger partial charge >= 0.3 is 5.97 Å². The van der Waals surface area contributed by atoms with Crippen LogP contribution in [0.3, 0.4) is 0 Å². The van der Waals surface area contributed by atoms with Crippen LogP contribution in [0.2, 0.25) is 0 Å². The number of methoxy groups -OCH3 is 1. The fraction of sp³-hybridized carbons (Fsp3) is 0.0952. The van der Waals surface area contributed by atoms with E-state index in [1.54, 1.807) is 24.3 Å². The van der Waals surface area contributed by atoms with E-state index in [2.05, 4.69) is 0 Å². The number of aromatic hydroxyl groups is 1. The minimum absolute atomic E-state index is 0.0234. The Morgan fingerprint density at radius 1 is 1.07 bits per heavy atom. The van der Waals surface area contributed by atoms with Crippen molar-refractivity contribution >= 4 is 5.97 Å². The summed E-state index contributed by atoms with van der Waals surface area (Å²) in [6, 6.07) is 12.2. The number of ether oxygens (including phenoxy) is 2. The highest BCUT2D eigenvalue weighted by Gasteiger charge is 2.25. The standard InChI is InChI=1S/C21H15FO5/c1-26-20-8-13-11(6-18(20)23)10-27-19-9-14(12-4-2-3-5-17(12)22)16(21(24)25)7-15(13)19/h2-9,23H,10H2,1H3,(H,24,25). The maximum Gasteiger partial charge on any atom is 0.336 e. The predicted molar refractivity (Wildman–Crippen MR) is 96.8 cm³/mol. The number of carbonyl (C=O) groups is 1. The van der Waals surface area contributed by atoms with Crippen LogP contribution in [0.4, 0.5) is 4.39 Å². The summed E-state index contributed by atoms with van der Waals surface area (Å²) < 4.78 is 25.2. The number of carboxylic acids is 1. The molecule has 0 bridgehead atoms. The Labute approximate surface area is 154 Å². The minimum Gasteiger partial charge on any atom is -0.504 e. The summed E-state index contributed by atoms with van der Waals surface area (Å²) in [4.78, 5) is 11.9. The van der Waals surface area contributed by atoms with Crippen LogP contribution in [0, 0.1) is 5.82 Å². The van der Waals surface area contributed by atoms with Gasteiger partial charge in [-0.15, -0.1) is 0 Å². The Morgan fingerprint density at radius 2 is 1.85 bits per heavy atom. The van der Waals surface area contributed by atoms with Crippen LogP contribution in [0.1, 0.15) is 15.9 Å². The van der Waals surface area contributed by atoms with Gasteiger partial charge in [0, 0.05) is 22.3 Å². The van der Waals surface area contributed by atoms with E-state index in [-0.39, 0.29) is 34.8 Å². The second kappa shape index (κ2) is 6.32. The van der Waals surface area contributed by atoms with Crippen LogP contribution in [-0.2, 0) is 6.61 Å². The molecule has 0 radical (unpaired) electrons. The van der Waals surface area contributed by atoms with E-state index >= 15 is 0 Å². The molecular weight excluding hydrogens is 351 g/mol. The first-order chi connectivity index (χ1) is 13.0. The lowest BCUT2D eigenvalue weighted by atomic mass is 9.90. The zero-order chi connectivity index (χ0) is 19.1. The number of halogens is 1. The molecule has 5 nitrogen and oxygen atoms in total. The summed E-state index contributed by atoms with van der Waals surface area (Å²) in [5, 5.41) is 19.6. The van der Waals surface area contributed by atoms with Gasteiger partial charge in [-0.1, -0.05) is 18.2 Å². The Bertz CT molecular complexity index is 1070. The molecule has 1 heterocycles.